The van der Waals surface area contributed by atoms with Crippen LogP contribution < -0.4 is 10.6 Å². The molecule has 3 amide bonds. The number of urea groups is 1. The Hall–Kier alpha value is -2.38. The molecule has 0 saturated carbocycles. The smallest absolute Gasteiger partial charge is 0.321 e. The zero-order valence-electron chi connectivity index (χ0n) is 11.0. The van der Waals surface area contributed by atoms with E-state index >= 15 is 0 Å². The molecular formula is C12H18N4O4. The summed E-state index contributed by atoms with van der Waals surface area (Å²) < 4.78 is 1.75. The highest BCUT2D eigenvalue weighted by Crippen LogP contribution is 1.94. The van der Waals surface area contributed by atoms with Gasteiger partial charge in [-0.3, -0.25) is 19.6 Å². The van der Waals surface area contributed by atoms with Crippen LogP contribution in [0.5, 0.6) is 0 Å². The molecule has 1 aromatic rings. The molecule has 8 heteroatoms. The molecule has 0 aliphatic heterocycles. The van der Waals surface area contributed by atoms with E-state index in [-0.39, 0.29) is 19.3 Å². The second-order valence-electron chi connectivity index (χ2n) is 4.17. The highest BCUT2D eigenvalue weighted by Gasteiger charge is 2.07. The number of hydrogen-bond acceptors (Lipinski definition) is 4. The molecule has 0 bridgehead atoms. The summed E-state index contributed by atoms with van der Waals surface area (Å²) in [6, 6.07) is 1.25. The third-order valence-electron chi connectivity index (χ3n) is 2.46. The Balaban J connectivity index is 2.04. The van der Waals surface area contributed by atoms with Crippen LogP contribution in [0.3, 0.4) is 0 Å². The standard InChI is InChI=1S/C12H18N4O4/c17-10(4-1-5-11(18)19)15-12(20)13-6-2-8-16-9-3-7-14-16/h3,7,9H,1-2,4-6,8H2,(H,18,19)(H2,13,15,17,20). The van der Waals surface area contributed by atoms with Gasteiger partial charge in [-0.1, -0.05) is 0 Å². The number of carbonyl (C=O) groups is 3. The van der Waals surface area contributed by atoms with Crippen molar-refractivity contribution in [1.29, 1.82) is 0 Å². The highest BCUT2D eigenvalue weighted by atomic mass is 16.4. The van der Waals surface area contributed by atoms with E-state index in [0.29, 0.717) is 19.5 Å². The number of carboxylic acids is 1. The molecule has 1 rings (SSSR count). The van der Waals surface area contributed by atoms with Crippen LogP contribution >= 0.6 is 0 Å². The predicted octanol–water partition coefficient (Wildman–Crippen LogP) is 0.354. The summed E-state index contributed by atoms with van der Waals surface area (Å²) >= 11 is 0. The SMILES string of the molecule is O=C(O)CCCC(=O)NC(=O)NCCCn1cccn1. The molecule has 0 saturated heterocycles. The van der Waals surface area contributed by atoms with Crippen molar-refractivity contribution in [2.45, 2.75) is 32.2 Å². The van der Waals surface area contributed by atoms with Gasteiger partial charge in [-0.05, 0) is 18.9 Å². The van der Waals surface area contributed by atoms with Crippen LogP contribution in [0.4, 0.5) is 4.79 Å². The number of carboxylic acid groups (broad SMARTS) is 1. The van der Waals surface area contributed by atoms with E-state index < -0.39 is 17.9 Å². The number of aromatic nitrogens is 2. The molecule has 0 fully saturated rings. The first-order valence-corrected chi connectivity index (χ1v) is 6.35. The van der Waals surface area contributed by atoms with Gasteiger partial charge in [-0.15, -0.1) is 0 Å². The predicted molar refractivity (Wildman–Crippen MR) is 69.9 cm³/mol. The maximum absolute atomic E-state index is 11.3. The topological polar surface area (TPSA) is 113 Å². The van der Waals surface area contributed by atoms with Crippen molar-refractivity contribution < 1.29 is 19.5 Å². The van der Waals surface area contributed by atoms with Gasteiger partial charge in [-0.2, -0.15) is 5.10 Å². The van der Waals surface area contributed by atoms with Crippen LogP contribution in [-0.2, 0) is 16.1 Å². The number of nitrogens with zero attached hydrogens (tertiary/aromatic N) is 2. The van der Waals surface area contributed by atoms with Gasteiger partial charge in [0.1, 0.15) is 0 Å². The molecule has 8 nitrogen and oxygen atoms in total. The Labute approximate surface area is 116 Å². The summed E-state index contributed by atoms with van der Waals surface area (Å²) in [5, 5.41) is 17.1. The van der Waals surface area contributed by atoms with E-state index in [2.05, 4.69) is 15.7 Å². The largest absolute Gasteiger partial charge is 0.481 e. The van der Waals surface area contributed by atoms with E-state index in [9.17, 15) is 14.4 Å². The summed E-state index contributed by atoms with van der Waals surface area (Å²) in [6.07, 6.45) is 4.35. The minimum atomic E-state index is -0.958. The fraction of sp³-hybridized carbons (Fsp3) is 0.500. The fourth-order valence-electron chi connectivity index (χ4n) is 1.51. The molecule has 0 aliphatic carbocycles. The lowest BCUT2D eigenvalue weighted by atomic mass is 10.2. The number of carbonyl (C=O) groups excluding carboxylic acids is 2. The van der Waals surface area contributed by atoms with Gasteiger partial charge in [-0.25, -0.2) is 4.79 Å². The van der Waals surface area contributed by atoms with E-state index in [4.69, 9.17) is 5.11 Å². The van der Waals surface area contributed by atoms with Crippen molar-refractivity contribution in [3.05, 3.63) is 18.5 Å². The number of imide groups is 1. The van der Waals surface area contributed by atoms with Crippen molar-refractivity contribution in [2.24, 2.45) is 0 Å². The Morgan fingerprint density at radius 1 is 1.20 bits per heavy atom. The van der Waals surface area contributed by atoms with E-state index in [1.165, 1.54) is 0 Å². The summed E-state index contributed by atoms with van der Waals surface area (Å²) in [5.74, 6) is -1.43. The van der Waals surface area contributed by atoms with Crippen molar-refractivity contribution in [2.75, 3.05) is 6.54 Å². The van der Waals surface area contributed by atoms with E-state index in [0.717, 1.165) is 0 Å². The normalized spacial score (nSPS) is 10.0. The number of aryl methyl sites for hydroxylation is 1. The number of amides is 3. The lowest BCUT2D eigenvalue weighted by molar-refractivity contribution is -0.137. The fourth-order valence-corrected chi connectivity index (χ4v) is 1.51. The average molecular weight is 282 g/mol. The maximum Gasteiger partial charge on any atom is 0.321 e. The van der Waals surface area contributed by atoms with Crippen molar-refractivity contribution >= 4 is 17.9 Å². The summed E-state index contributed by atoms with van der Waals surface area (Å²) in [7, 11) is 0. The first-order chi connectivity index (χ1) is 9.58. The second kappa shape index (κ2) is 8.68. The zero-order chi connectivity index (χ0) is 14.8. The molecule has 20 heavy (non-hydrogen) atoms. The summed E-state index contributed by atoms with van der Waals surface area (Å²) in [5.41, 5.74) is 0. The second-order valence-corrected chi connectivity index (χ2v) is 4.17. The zero-order valence-corrected chi connectivity index (χ0v) is 11.0. The minimum Gasteiger partial charge on any atom is -0.481 e. The van der Waals surface area contributed by atoms with Crippen LogP contribution in [0, 0.1) is 0 Å². The van der Waals surface area contributed by atoms with Gasteiger partial charge in [0.05, 0.1) is 0 Å². The lowest BCUT2D eigenvalue weighted by Gasteiger charge is -2.06. The van der Waals surface area contributed by atoms with Crippen LogP contribution in [0.25, 0.3) is 0 Å². The van der Waals surface area contributed by atoms with Gasteiger partial charge in [0.25, 0.3) is 0 Å². The van der Waals surface area contributed by atoms with Crippen molar-refractivity contribution in [3.8, 4) is 0 Å². The summed E-state index contributed by atoms with van der Waals surface area (Å²) in [4.78, 5) is 32.9. The average Bonchev–Trinajstić information content (AvgIpc) is 2.87. The Kier molecular flexibility index (Phi) is 6.80. The third-order valence-corrected chi connectivity index (χ3v) is 2.46. The van der Waals surface area contributed by atoms with Gasteiger partial charge in [0.15, 0.2) is 0 Å². The molecular weight excluding hydrogens is 264 g/mol. The first-order valence-electron chi connectivity index (χ1n) is 6.35. The molecule has 0 atom stereocenters. The third kappa shape index (κ3) is 7.14. The monoisotopic (exact) mass is 282 g/mol. The van der Waals surface area contributed by atoms with Crippen LogP contribution in [0.1, 0.15) is 25.7 Å². The molecule has 0 unspecified atom stereocenters. The Morgan fingerprint density at radius 2 is 2.00 bits per heavy atom. The molecule has 0 aromatic carbocycles. The number of aliphatic carboxylic acids is 1. The van der Waals surface area contributed by atoms with Gasteiger partial charge >= 0.3 is 12.0 Å². The molecule has 3 N–H and O–H groups in total. The van der Waals surface area contributed by atoms with Gasteiger partial charge in [0, 0.05) is 38.3 Å². The van der Waals surface area contributed by atoms with Gasteiger partial charge < -0.3 is 10.4 Å². The minimum absolute atomic E-state index is 0.0208. The van der Waals surface area contributed by atoms with Crippen LogP contribution in [0.2, 0.25) is 0 Å². The molecule has 1 aromatic heterocycles. The van der Waals surface area contributed by atoms with Crippen molar-refractivity contribution in [3.63, 3.8) is 0 Å². The lowest BCUT2D eigenvalue weighted by Crippen LogP contribution is -2.39. The van der Waals surface area contributed by atoms with E-state index in [1.807, 2.05) is 12.3 Å². The molecule has 0 spiro atoms. The van der Waals surface area contributed by atoms with Crippen molar-refractivity contribution in [1.82, 2.24) is 20.4 Å². The molecule has 1 heterocycles. The number of hydrogen-bond donors (Lipinski definition) is 3. The quantitative estimate of drug-likeness (QED) is 0.595. The Morgan fingerprint density at radius 3 is 2.65 bits per heavy atom. The highest BCUT2D eigenvalue weighted by molar-refractivity contribution is 5.94. The number of rotatable bonds is 8. The van der Waals surface area contributed by atoms with Gasteiger partial charge in [0.2, 0.25) is 5.91 Å². The first kappa shape index (κ1) is 15.7. The van der Waals surface area contributed by atoms with E-state index in [1.54, 1.807) is 10.9 Å². The van der Waals surface area contributed by atoms with Crippen LogP contribution in [0.15, 0.2) is 18.5 Å². The maximum atomic E-state index is 11.3. The number of nitrogens with one attached hydrogen (secondary N) is 2. The molecule has 0 radical (unpaired) electrons. The summed E-state index contributed by atoms with van der Waals surface area (Å²) in [6.45, 7) is 1.11. The molecule has 110 valence electrons. The molecule has 0 aliphatic rings. The Bertz CT molecular complexity index is 444. The van der Waals surface area contributed by atoms with Crippen LogP contribution in [-0.4, -0.2) is 39.3 Å².